The molecular weight excluding hydrogens is 276 g/mol. The van der Waals surface area contributed by atoms with Crippen LogP contribution in [0, 0.1) is 25.5 Å². The lowest BCUT2D eigenvalue weighted by atomic mass is 10.1. The first kappa shape index (κ1) is 14.4. The van der Waals surface area contributed by atoms with E-state index >= 15 is 0 Å². The maximum absolute atomic E-state index is 11.8. The molecule has 2 aromatic rings. The second kappa shape index (κ2) is 5.96. The van der Waals surface area contributed by atoms with E-state index in [1.165, 1.54) is 0 Å². The van der Waals surface area contributed by atoms with E-state index in [2.05, 4.69) is 20.4 Å². The van der Waals surface area contributed by atoms with Crippen molar-refractivity contribution in [3.8, 4) is 0 Å². The zero-order chi connectivity index (χ0) is 14.7. The molecule has 0 unspecified atom stereocenters. The number of rotatable bonds is 4. The quantitative estimate of drug-likeness (QED) is 0.846. The molecule has 0 saturated heterocycles. The van der Waals surface area contributed by atoms with Crippen molar-refractivity contribution >= 4 is 23.9 Å². The summed E-state index contributed by atoms with van der Waals surface area (Å²) in [7, 11) is 0. The van der Waals surface area contributed by atoms with Crippen LogP contribution in [0.25, 0.3) is 0 Å². The van der Waals surface area contributed by atoms with E-state index in [-0.39, 0.29) is 5.91 Å². The van der Waals surface area contributed by atoms with Crippen molar-refractivity contribution in [2.75, 3.05) is 5.32 Å². The van der Waals surface area contributed by atoms with Gasteiger partial charge in [-0.3, -0.25) is 4.79 Å². The molecule has 0 aliphatic heterocycles. The Morgan fingerprint density at radius 1 is 1.45 bits per heavy atom. The van der Waals surface area contributed by atoms with Gasteiger partial charge in [-0.25, -0.2) is 4.98 Å². The Kier molecular flexibility index (Phi) is 4.29. The molecule has 0 aliphatic rings. The van der Waals surface area contributed by atoms with Gasteiger partial charge in [0.15, 0.2) is 10.6 Å². The highest BCUT2D eigenvalue weighted by Crippen LogP contribution is 2.13. The van der Waals surface area contributed by atoms with Gasteiger partial charge in [-0.1, -0.05) is 5.16 Å². The Morgan fingerprint density at radius 3 is 2.80 bits per heavy atom. The van der Waals surface area contributed by atoms with Crippen LogP contribution in [0.4, 0.5) is 5.82 Å². The molecule has 0 atom stereocenters. The van der Waals surface area contributed by atoms with Crippen LogP contribution in [-0.2, 0) is 11.2 Å². The van der Waals surface area contributed by atoms with Crippen molar-refractivity contribution in [3.63, 3.8) is 0 Å². The maximum atomic E-state index is 11.8. The van der Waals surface area contributed by atoms with Crippen LogP contribution in [0.2, 0.25) is 0 Å². The van der Waals surface area contributed by atoms with E-state index in [0.717, 1.165) is 17.0 Å². The van der Waals surface area contributed by atoms with Crippen molar-refractivity contribution in [1.29, 1.82) is 0 Å². The number of aryl methyl sites for hydroxylation is 3. The van der Waals surface area contributed by atoms with E-state index in [1.807, 2.05) is 13.8 Å². The molecule has 0 radical (unpaired) electrons. The zero-order valence-electron chi connectivity index (χ0n) is 11.6. The normalized spacial score (nSPS) is 10.6. The van der Waals surface area contributed by atoms with Gasteiger partial charge in [0.25, 0.3) is 0 Å². The highest BCUT2D eigenvalue weighted by atomic mass is 32.1. The number of aromatic amines is 1. The highest BCUT2D eigenvalue weighted by Gasteiger charge is 2.10. The number of carbonyl (C=O) groups excluding carboxylic acids is 1. The summed E-state index contributed by atoms with van der Waals surface area (Å²) in [6.07, 6.45) is 0.944. The van der Waals surface area contributed by atoms with Crippen molar-refractivity contribution < 1.29 is 9.32 Å². The molecule has 2 rings (SSSR count). The summed E-state index contributed by atoms with van der Waals surface area (Å²) in [6, 6.07) is 1.68. The fraction of sp³-hybridized carbons (Fsp3) is 0.385. The molecule has 0 fully saturated rings. The molecule has 0 aliphatic carbocycles. The van der Waals surface area contributed by atoms with Crippen LogP contribution in [0.1, 0.15) is 29.1 Å². The Labute approximate surface area is 121 Å². The van der Waals surface area contributed by atoms with Gasteiger partial charge < -0.3 is 14.8 Å². The van der Waals surface area contributed by atoms with Gasteiger partial charge in [0.1, 0.15) is 5.76 Å². The third-order valence-corrected chi connectivity index (χ3v) is 3.14. The summed E-state index contributed by atoms with van der Waals surface area (Å²) < 4.78 is 5.35. The van der Waals surface area contributed by atoms with Crippen molar-refractivity contribution in [3.05, 3.63) is 33.5 Å². The molecule has 2 heterocycles. The molecule has 7 heteroatoms. The predicted octanol–water partition coefficient (Wildman–Crippen LogP) is 2.62. The number of hydrogen-bond donors (Lipinski definition) is 2. The van der Waals surface area contributed by atoms with Crippen LogP contribution in [0.3, 0.4) is 0 Å². The van der Waals surface area contributed by atoms with Crippen LogP contribution in [-0.4, -0.2) is 21.0 Å². The van der Waals surface area contributed by atoms with E-state index in [9.17, 15) is 4.79 Å². The van der Waals surface area contributed by atoms with Gasteiger partial charge in [0.2, 0.25) is 5.91 Å². The van der Waals surface area contributed by atoms with Crippen LogP contribution in [0.5, 0.6) is 0 Å². The van der Waals surface area contributed by atoms with Crippen LogP contribution < -0.4 is 5.32 Å². The lowest BCUT2D eigenvalue weighted by Gasteiger charge is -2.08. The lowest BCUT2D eigenvalue weighted by Crippen LogP contribution is -2.13. The minimum Gasteiger partial charge on any atom is -0.360 e. The zero-order valence-corrected chi connectivity index (χ0v) is 12.4. The largest absolute Gasteiger partial charge is 0.360 e. The Balaban J connectivity index is 1.98. The number of carbonyl (C=O) groups is 1. The van der Waals surface area contributed by atoms with Crippen molar-refractivity contribution in [2.24, 2.45) is 0 Å². The molecule has 20 heavy (non-hydrogen) atoms. The van der Waals surface area contributed by atoms with Crippen molar-refractivity contribution in [2.45, 2.75) is 33.6 Å². The topological polar surface area (TPSA) is 83.8 Å². The molecular formula is C13H16N4O2S. The smallest absolute Gasteiger partial charge is 0.225 e. The molecule has 106 valence electrons. The third kappa shape index (κ3) is 3.51. The number of anilines is 1. The number of aromatic nitrogens is 3. The predicted molar refractivity (Wildman–Crippen MR) is 77.1 cm³/mol. The van der Waals surface area contributed by atoms with E-state index < -0.39 is 0 Å². The SMILES string of the molecule is Cc1cc(NC(=O)CCc2c(C)nc(=S)[nH]c2C)no1. The Hall–Kier alpha value is -2.02. The van der Waals surface area contributed by atoms with Crippen molar-refractivity contribution in [1.82, 2.24) is 15.1 Å². The fourth-order valence-electron chi connectivity index (χ4n) is 1.99. The highest BCUT2D eigenvalue weighted by molar-refractivity contribution is 7.71. The molecule has 0 saturated carbocycles. The molecule has 1 amide bonds. The molecule has 0 aromatic carbocycles. The number of H-pyrrole nitrogens is 1. The average Bonchev–Trinajstić information content (AvgIpc) is 2.73. The van der Waals surface area contributed by atoms with Gasteiger partial charge in [-0.15, -0.1) is 0 Å². The first-order valence-electron chi connectivity index (χ1n) is 6.25. The second-order valence-corrected chi connectivity index (χ2v) is 4.99. The maximum Gasteiger partial charge on any atom is 0.225 e. The first-order valence-corrected chi connectivity index (χ1v) is 6.66. The van der Waals surface area contributed by atoms with Crippen LogP contribution in [0.15, 0.2) is 10.6 Å². The van der Waals surface area contributed by atoms with E-state index in [0.29, 0.717) is 29.2 Å². The van der Waals surface area contributed by atoms with Gasteiger partial charge >= 0.3 is 0 Å². The number of hydrogen-bond acceptors (Lipinski definition) is 5. The summed E-state index contributed by atoms with van der Waals surface area (Å²) in [5.74, 6) is 0.984. The summed E-state index contributed by atoms with van der Waals surface area (Å²) in [4.78, 5) is 19.0. The fourth-order valence-corrected chi connectivity index (χ4v) is 2.28. The van der Waals surface area contributed by atoms with Gasteiger partial charge in [0, 0.05) is 23.9 Å². The van der Waals surface area contributed by atoms with Gasteiger partial charge in [-0.2, -0.15) is 0 Å². The van der Waals surface area contributed by atoms with E-state index in [4.69, 9.17) is 16.7 Å². The monoisotopic (exact) mass is 292 g/mol. The minimum absolute atomic E-state index is 0.112. The molecule has 2 aromatic heterocycles. The third-order valence-electron chi connectivity index (χ3n) is 2.95. The summed E-state index contributed by atoms with van der Waals surface area (Å²) in [5, 5.41) is 6.41. The van der Waals surface area contributed by atoms with E-state index in [1.54, 1.807) is 13.0 Å². The summed E-state index contributed by atoms with van der Waals surface area (Å²) in [6.45, 7) is 5.59. The number of nitrogens with one attached hydrogen (secondary N) is 2. The number of nitrogens with zero attached hydrogens (tertiary/aromatic N) is 2. The Bertz CT molecular complexity index is 664. The van der Waals surface area contributed by atoms with Crippen LogP contribution >= 0.6 is 12.2 Å². The minimum atomic E-state index is -0.112. The molecule has 6 nitrogen and oxygen atoms in total. The standard InChI is InChI=1S/C13H16N4O2S/c1-7-6-11(17-19-7)16-12(18)5-4-10-8(2)14-13(20)15-9(10)3/h6H,4-5H2,1-3H3,(H,14,15,20)(H,16,17,18). The second-order valence-electron chi connectivity index (χ2n) is 4.60. The number of amides is 1. The average molecular weight is 292 g/mol. The summed E-state index contributed by atoms with van der Waals surface area (Å²) >= 11 is 5.01. The molecule has 2 N–H and O–H groups in total. The van der Waals surface area contributed by atoms with Gasteiger partial charge in [0.05, 0.1) is 0 Å². The Morgan fingerprint density at radius 2 is 2.20 bits per heavy atom. The summed E-state index contributed by atoms with van der Waals surface area (Å²) in [5.41, 5.74) is 2.83. The lowest BCUT2D eigenvalue weighted by molar-refractivity contribution is -0.116. The first-order chi connectivity index (χ1) is 9.45. The molecule has 0 bridgehead atoms. The van der Waals surface area contributed by atoms with Gasteiger partial charge in [-0.05, 0) is 45.0 Å². The molecule has 0 spiro atoms.